The van der Waals surface area contributed by atoms with Gasteiger partial charge in [0.25, 0.3) is 0 Å². The summed E-state index contributed by atoms with van der Waals surface area (Å²) in [6.07, 6.45) is 3.72. The maximum Gasteiger partial charge on any atom is 0.417 e. The standard InChI is InChI=1S/C17H19ClF3N5/c18-14-8-7-12(9-13(14)17(19,20)21)23-15-10-22-26-16(25-15)24-11-5-3-1-2-4-6-11/h7-11H,1-6H2,(H2,23,24,25,26). The molecular weight excluding hydrogens is 367 g/mol. The summed E-state index contributed by atoms with van der Waals surface area (Å²) >= 11 is 5.64. The van der Waals surface area contributed by atoms with Crippen LogP contribution in [-0.2, 0) is 6.18 Å². The fraction of sp³-hybridized carbons (Fsp3) is 0.471. The summed E-state index contributed by atoms with van der Waals surface area (Å²) in [5, 5.41) is 13.6. The summed E-state index contributed by atoms with van der Waals surface area (Å²) in [5.41, 5.74) is -0.675. The quantitative estimate of drug-likeness (QED) is 0.688. The van der Waals surface area contributed by atoms with Crippen LogP contribution in [0.3, 0.4) is 0 Å². The minimum absolute atomic E-state index is 0.225. The van der Waals surface area contributed by atoms with Crippen molar-refractivity contribution in [3.8, 4) is 0 Å². The van der Waals surface area contributed by atoms with Crippen molar-refractivity contribution in [1.82, 2.24) is 15.2 Å². The monoisotopic (exact) mass is 385 g/mol. The van der Waals surface area contributed by atoms with Crippen LogP contribution >= 0.6 is 11.6 Å². The van der Waals surface area contributed by atoms with Crippen molar-refractivity contribution in [1.29, 1.82) is 0 Å². The van der Waals surface area contributed by atoms with Crippen molar-refractivity contribution in [3.05, 3.63) is 35.0 Å². The molecule has 0 amide bonds. The zero-order valence-electron chi connectivity index (χ0n) is 14.0. The molecule has 5 nitrogen and oxygen atoms in total. The molecule has 0 bridgehead atoms. The molecule has 3 rings (SSSR count). The van der Waals surface area contributed by atoms with E-state index in [-0.39, 0.29) is 10.7 Å². The van der Waals surface area contributed by atoms with Crippen LogP contribution in [-0.4, -0.2) is 21.2 Å². The Morgan fingerprint density at radius 1 is 1.08 bits per heavy atom. The number of rotatable bonds is 4. The molecular formula is C17H19ClF3N5. The Kier molecular flexibility index (Phi) is 5.80. The number of anilines is 3. The number of nitrogens with one attached hydrogen (secondary N) is 2. The molecule has 0 radical (unpaired) electrons. The zero-order chi connectivity index (χ0) is 18.6. The summed E-state index contributed by atoms with van der Waals surface area (Å²) in [5.74, 6) is 0.679. The molecule has 26 heavy (non-hydrogen) atoms. The van der Waals surface area contributed by atoms with Gasteiger partial charge in [0.2, 0.25) is 5.95 Å². The van der Waals surface area contributed by atoms with E-state index in [0.717, 1.165) is 31.7 Å². The molecule has 1 aromatic heterocycles. The smallest absolute Gasteiger partial charge is 0.350 e. The number of nitrogens with zero attached hydrogens (tertiary/aromatic N) is 3. The zero-order valence-corrected chi connectivity index (χ0v) is 14.7. The Morgan fingerprint density at radius 2 is 1.81 bits per heavy atom. The highest BCUT2D eigenvalue weighted by molar-refractivity contribution is 6.31. The average molecular weight is 386 g/mol. The Morgan fingerprint density at radius 3 is 2.50 bits per heavy atom. The van der Waals surface area contributed by atoms with Gasteiger partial charge in [-0.05, 0) is 31.0 Å². The molecule has 0 spiro atoms. The van der Waals surface area contributed by atoms with Gasteiger partial charge in [-0.25, -0.2) is 0 Å². The van der Waals surface area contributed by atoms with Gasteiger partial charge in [-0.2, -0.15) is 23.3 Å². The molecule has 2 aromatic rings. The minimum atomic E-state index is -4.52. The normalized spacial score (nSPS) is 16.2. The lowest BCUT2D eigenvalue weighted by atomic mass is 10.1. The number of hydrogen-bond acceptors (Lipinski definition) is 5. The van der Waals surface area contributed by atoms with Gasteiger partial charge in [0.05, 0.1) is 16.8 Å². The molecule has 1 heterocycles. The number of alkyl halides is 3. The predicted octanol–water partition coefficient (Wildman–Crippen LogP) is 5.42. The Balaban J connectivity index is 1.72. The van der Waals surface area contributed by atoms with Crippen molar-refractivity contribution in [2.45, 2.75) is 50.7 Å². The lowest BCUT2D eigenvalue weighted by Crippen LogP contribution is -2.20. The van der Waals surface area contributed by atoms with Crippen LogP contribution in [0.2, 0.25) is 5.02 Å². The third-order valence-corrected chi connectivity index (χ3v) is 4.62. The molecule has 1 aliphatic rings. The molecule has 1 fully saturated rings. The summed E-state index contributed by atoms with van der Waals surface area (Å²) < 4.78 is 38.9. The van der Waals surface area contributed by atoms with Crippen LogP contribution < -0.4 is 10.6 Å². The van der Waals surface area contributed by atoms with Crippen LogP contribution in [0.1, 0.15) is 44.1 Å². The van der Waals surface area contributed by atoms with E-state index in [2.05, 4.69) is 25.8 Å². The SMILES string of the molecule is FC(F)(F)c1cc(Nc2cnnc(NC3CCCCCC3)n2)ccc1Cl. The number of benzene rings is 1. The molecule has 0 saturated heterocycles. The first-order valence-electron chi connectivity index (χ1n) is 8.52. The van der Waals surface area contributed by atoms with E-state index in [4.69, 9.17) is 11.6 Å². The van der Waals surface area contributed by atoms with Gasteiger partial charge < -0.3 is 10.6 Å². The third-order valence-electron chi connectivity index (χ3n) is 4.29. The van der Waals surface area contributed by atoms with Crippen molar-refractivity contribution in [2.24, 2.45) is 0 Å². The Bertz CT molecular complexity index is 745. The van der Waals surface area contributed by atoms with E-state index in [0.29, 0.717) is 17.8 Å². The van der Waals surface area contributed by atoms with E-state index < -0.39 is 11.7 Å². The molecule has 0 atom stereocenters. The maximum atomic E-state index is 13.0. The topological polar surface area (TPSA) is 62.7 Å². The summed E-state index contributed by atoms with van der Waals surface area (Å²) in [7, 11) is 0. The lowest BCUT2D eigenvalue weighted by molar-refractivity contribution is -0.137. The van der Waals surface area contributed by atoms with Crippen molar-refractivity contribution in [3.63, 3.8) is 0 Å². The summed E-state index contributed by atoms with van der Waals surface area (Å²) in [6.45, 7) is 0. The van der Waals surface area contributed by atoms with Gasteiger partial charge in [-0.1, -0.05) is 37.3 Å². The van der Waals surface area contributed by atoms with Crippen LogP contribution in [0, 0.1) is 0 Å². The largest absolute Gasteiger partial charge is 0.417 e. The maximum absolute atomic E-state index is 13.0. The van der Waals surface area contributed by atoms with E-state index in [1.54, 1.807) is 0 Å². The second-order valence-electron chi connectivity index (χ2n) is 6.32. The van der Waals surface area contributed by atoms with Gasteiger partial charge in [-0.15, -0.1) is 5.10 Å². The fourth-order valence-electron chi connectivity index (χ4n) is 3.00. The average Bonchev–Trinajstić information content (AvgIpc) is 2.85. The summed E-state index contributed by atoms with van der Waals surface area (Å²) in [6, 6.07) is 3.90. The number of halogens is 4. The highest BCUT2D eigenvalue weighted by Gasteiger charge is 2.33. The second-order valence-corrected chi connectivity index (χ2v) is 6.72. The first kappa shape index (κ1) is 18.7. The molecule has 1 saturated carbocycles. The third kappa shape index (κ3) is 4.97. The Hall–Kier alpha value is -2.09. The van der Waals surface area contributed by atoms with E-state index in [1.807, 2.05) is 0 Å². The highest BCUT2D eigenvalue weighted by Crippen LogP contribution is 2.36. The van der Waals surface area contributed by atoms with Crippen molar-refractivity contribution in [2.75, 3.05) is 10.6 Å². The van der Waals surface area contributed by atoms with Gasteiger partial charge in [-0.3, -0.25) is 0 Å². The lowest BCUT2D eigenvalue weighted by Gasteiger charge is -2.16. The first-order chi connectivity index (χ1) is 12.4. The van der Waals surface area contributed by atoms with Crippen LogP contribution in [0.5, 0.6) is 0 Å². The molecule has 140 valence electrons. The Labute approximate surface area is 154 Å². The van der Waals surface area contributed by atoms with E-state index >= 15 is 0 Å². The van der Waals surface area contributed by atoms with Gasteiger partial charge in [0.15, 0.2) is 5.82 Å². The molecule has 1 aliphatic carbocycles. The molecule has 9 heteroatoms. The minimum Gasteiger partial charge on any atom is -0.350 e. The van der Waals surface area contributed by atoms with Gasteiger partial charge in [0.1, 0.15) is 0 Å². The van der Waals surface area contributed by atoms with E-state index in [1.165, 1.54) is 31.2 Å². The summed E-state index contributed by atoms with van der Waals surface area (Å²) in [4.78, 5) is 4.30. The highest BCUT2D eigenvalue weighted by atomic mass is 35.5. The second kappa shape index (κ2) is 8.07. The molecule has 1 aromatic carbocycles. The van der Waals surface area contributed by atoms with E-state index in [9.17, 15) is 13.2 Å². The molecule has 2 N–H and O–H groups in total. The number of hydrogen-bond donors (Lipinski definition) is 2. The van der Waals surface area contributed by atoms with Crippen molar-refractivity contribution >= 4 is 29.1 Å². The van der Waals surface area contributed by atoms with Crippen LogP contribution in [0.4, 0.5) is 30.6 Å². The fourth-order valence-corrected chi connectivity index (χ4v) is 3.22. The van der Waals surface area contributed by atoms with Gasteiger partial charge in [0, 0.05) is 11.7 Å². The predicted molar refractivity (Wildman–Crippen MR) is 94.7 cm³/mol. The van der Waals surface area contributed by atoms with Crippen molar-refractivity contribution < 1.29 is 13.2 Å². The first-order valence-corrected chi connectivity index (χ1v) is 8.89. The molecule has 0 unspecified atom stereocenters. The van der Waals surface area contributed by atoms with Crippen LogP contribution in [0.15, 0.2) is 24.4 Å². The molecule has 0 aliphatic heterocycles. The number of aromatic nitrogens is 3. The van der Waals surface area contributed by atoms with Gasteiger partial charge >= 0.3 is 6.18 Å². The van der Waals surface area contributed by atoms with Crippen LogP contribution in [0.25, 0.3) is 0 Å².